The molecule has 4 N–H and O–H groups in total. The van der Waals surface area contributed by atoms with E-state index in [1.807, 2.05) is 54.6 Å². The molecule has 0 amide bonds. The van der Waals surface area contributed by atoms with Crippen molar-refractivity contribution in [2.24, 2.45) is 0 Å². The van der Waals surface area contributed by atoms with Gasteiger partial charge in [0.15, 0.2) is 0 Å². The lowest BCUT2D eigenvalue weighted by Crippen LogP contribution is -1.80. The number of nitrogens with two attached hydrogens (primary N) is 2. The lowest BCUT2D eigenvalue weighted by molar-refractivity contribution is 1.64. The number of hydrogen-bond acceptors (Lipinski definition) is 2. The van der Waals surface area contributed by atoms with Gasteiger partial charge in [0.05, 0.1) is 0 Å². The van der Waals surface area contributed by atoms with Crippen LogP contribution >= 0.6 is 15.9 Å². The number of benzene rings is 2. The molecule has 0 aromatic heterocycles. The van der Waals surface area contributed by atoms with Gasteiger partial charge in [-0.3, -0.25) is 0 Å². The number of halogens is 1. The number of anilines is 2. The van der Waals surface area contributed by atoms with Gasteiger partial charge in [0.1, 0.15) is 0 Å². The van der Waals surface area contributed by atoms with Crippen LogP contribution in [0.4, 0.5) is 11.4 Å². The van der Waals surface area contributed by atoms with Crippen LogP contribution < -0.4 is 11.5 Å². The van der Waals surface area contributed by atoms with Crippen molar-refractivity contribution >= 4 is 27.3 Å². The van der Waals surface area contributed by atoms with Gasteiger partial charge in [-0.1, -0.05) is 34.1 Å². The number of hydrogen-bond donors (Lipinski definition) is 2. The Balaban J connectivity index is 0.000000151. The average molecular weight is 265 g/mol. The predicted molar refractivity (Wildman–Crippen MR) is 69.4 cm³/mol. The molecule has 0 aliphatic heterocycles. The molecule has 0 bridgehead atoms. The first-order chi connectivity index (χ1) is 7.18. The fourth-order valence-corrected chi connectivity index (χ4v) is 1.18. The summed E-state index contributed by atoms with van der Waals surface area (Å²) in [6, 6.07) is 17.0. The minimum Gasteiger partial charge on any atom is -0.399 e. The molecule has 15 heavy (non-hydrogen) atoms. The van der Waals surface area contributed by atoms with E-state index < -0.39 is 0 Å². The highest BCUT2D eigenvalue weighted by Crippen LogP contribution is 2.10. The third kappa shape index (κ3) is 5.08. The van der Waals surface area contributed by atoms with Gasteiger partial charge in [-0.15, -0.1) is 0 Å². The highest BCUT2D eigenvalue weighted by atomic mass is 79.9. The standard InChI is InChI=1S/C6H6BrN.C6H7N/c7-5-1-3-6(8)4-2-5;7-6-4-2-1-3-5-6/h1-4H,8H2;1-5H,7H2. The predicted octanol–water partition coefficient (Wildman–Crippen LogP) is 3.30. The maximum Gasteiger partial charge on any atom is 0.0314 e. The SMILES string of the molecule is Nc1ccc(Br)cc1.Nc1ccccc1. The van der Waals surface area contributed by atoms with E-state index in [1.54, 1.807) is 0 Å². The van der Waals surface area contributed by atoms with Crippen molar-refractivity contribution in [2.75, 3.05) is 11.5 Å². The molecule has 0 atom stereocenters. The number of para-hydroxylation sites is 1. The average Bonchev–Trinajstić information content (AvgIpc) is 2.25. The van der Waals surface area contributed by atoms with Crippen LogP contribution in [0, 0.1) is 0 Å². The number of nitrogen functional groups attached to an aromatic ring is 2. The van der Waals surface area contributed by atoms with Crippen molar-refractivity contribution in [2.45, 2.75) is 0 Å². The molecule has 2 aromatic carbocycles. The first-order valence-corrected chi connectivity index (χ1v) is 5.29. The Bertz CT molecular complexity index is 363. The third-order valence-electron chi connectivity index (χ3n) is 1.67. The van der Waals surface area contributed by atoms with Crippen molar-refractivity contribution in [1.82, 2.24) is 0 Å². The van der Waals surface area contributed by atoms with E-state index in [4.69, 9.17) is 11.5 Å². The second kappa shape index (κ2) is 6.09. The monoisotopic (exact) mass is 264 g/mol. The summed E-state index contributed by atoms with van der Waals surface area (Å²) in [4.78, 5) is 0. The van der Waals surface area contributed by atoms with Crippen LogP contribution in [0.5, 0.6) is 0 Å². The van der Waals surface area contributed by atoms with Crippen LogP contribution in [0.3, 0.4) is 0 Å². The van der Waals surface area contributed by atoms with Crippen molar-refractivity contribution in [3.63, 3.8) is 0 Å². The van der Waals surface area contributed by atoms with Crippen LogP contribution in [-0.2, 0) is 0 Å². The molecule has 0 heterocycles. The molecule has 2 rings (SSSR count). The van der Waals surface area contributed by atoms with Gasteiger partial charge in [-0.25, -0.2) is 0 Å². The fourth-order valence-electron chi connectivity index (χ4n) is 0.916. The minimum absolute atomic E-state index is 0.799. The zero-order valence-corrected chi connectivity index (χ0v) is 9.81. The van der Waals surface area contributed by atoms with Gasteiger partial charge in [-0.05, 0) is 36.4 Å². The Morgan fingerprint density at radius 2 is 1.13 bits per heavy atom. The maximum absolute atomic E-state index is 5.41. The Morgan fingerprint density at radius 3 is 1.47 bits per heavy atom. The summed E-state index contributed by atoms with van der Waals surface area (Å²) in [6.45, 7) is 0. The van der Waals surface area contributed by atoms with Crippen LogP contribution in [-0.4, -0.2) is 0 Å². The van der Waals surface area contributed by atoms with E-state index in [0.717, 1.165) is 15.8 Å². The van der Waals surface area contributed by atoms with E-state index >= 15 is 0 Å². The van der Waals surface area contributed by atoms with Gasteiger partial charge < -0.3 is 11.5 Å². The van der Waals surface area contributed by atoms with Crippen molar-refractivity contribution in [3.05, 3.63) is 59.1 Å². The van der Waals surface area contributed by atoms with Crippen LogP contribution in [0.15, 0.2) is 59.1 Å². The molecule has 0 aliphatic carbocycles. The Labute approximate surface area is 98.0 Å². The summed E-state index contributed by atoms with van der Waals surface area (Å²) in [7, 11) is 0. The second-order valence-electron chi connectivity index (χ2n) is 2.96. The van der Waals surface area contributed by atoms with Crippen molar-refractivity contribution in [3.8, 4) is 0 Å². The summed E-state index contributed by atoms with van der Waals surface area (Å²) in [6.07, 6.45) is 0. The molecule has 2 aromatic rings. The molecule has 0 aliphatic rings. The lowest BCUT2D eigenvalue weighted by atomic mass is 10.3. The van der Waals surface area contributed by atoms with E-state index in [0.29, 0.717) is 0 Å². The second-order valence-corrected chi connectivity index (χ2v) is 3.88. The molecule has 0 radical (unpaired) electrons. The van der Waals surface area contributed by atoms with Crippen molar-refractivity contribution < 1.29 is 0 Å². The van der Waals surface area contributed by atoms with E-state index in [1.165, 1.54) is 0 Å². The third-order valence-corrected chi connectivity index (χ3v) is 2.20. The van der Waals surface area contributed by atoms with E-state index in [2.05, 4.69) is 15.9 Å². The Hall–Kier alpha value is -1.48. The first-order valence-electron chi connectivity index (χ1n) is 4.50. The number of rotatable bonds is 0. The van der Waals surface area contributed by atoms with E-state index in [-0.39, 0.29) is 0 Å². The van der Waals surface area contributed by atoms with Crippen LogP contribution in [0.2, 0.25) is 0 Å². The first kappa shape index (κ1) is 11.6. The molecule has 0 saturated heterocycles. The Kier molecular flexibility index (Phi) is 4.71. The molecule has 0 fully saturated rings. The molecule has 3 heteroatoms. The molecule has 78 valence electrons. The molecule has 0 unspecified atom stereocenters. The maximum atomic E-state index is 5.41. The fraction of sp³-hybridized carbons (Fsp3) is 0. The molecule has 2 nitrogen and oxygen atoms in total. The van der Waals surface area contributed by atoms with Crippen LogP contribution in [0.1, 0.15) is 0 Å². The summed E-state index contributed by atoms with van der Waals surface area (Å²) in [5.74, 6) is 0. The summed E-state index contributed by atoms with van der Waals surface area (Å²) in [5.41, 5.74) is 12.4. The quantitative estimate of drug-likeness (QED) is 0.718. The van der Waals surface area contributed by atoms with Gasteiger partial charge in [-0.2, -0.15) is 0 Å². The highest BCUT2D eigenvalue weighted by molar-refractivity contribution is 9.10. The smallest absolute Gasteiger partial charge is 0.0314 e. The van der Waals surface area contributed by atoms with E-state index in [9.17, 15) is 0 Å². The molecular formula is C12H13BrN2. The van der Waals surface area contributed by atoms with Gasteiger partial charge >= 0.3 is 0 Å². The zero-order valence-electron chi connectivity index (χ0n) is 8.23. The normalized spacial score (nSPS) is 8.87. The Morgan fingerprint density at radius 1 is 0.667 bits per heavy atom. The van der Waals surface area contributed by atoms with Gasteiger partial charge in [0.25, 0.3) is 0 Å². The minimum atomic E-state index is 0.799. The lowest BCUT2D eigenvalue weighted by Gasteiger charge is -1.88. The molecular weight excluding hydrogens is 252 g/mol. The van der Waals surface area contributed by atoms with Gasteiger partial charge in [0, 0.05) is 15.8 Å². The summed E-state index contributed by atoms with van der Waals surface area (Å²) >= 11 is 3.29. The zero-order chi connectivity index (χ0) is 11.1. The molecule has 0 saturated carbocycles. The van der Waals surface area contributed by atoms with Gasteiger partial charge in [0.2, 0.25) is 0 Å². The topological polar surface area (TPSA) is 52.0 Å². The van der Waals surface area contributed by atoms with Crippen molar-refractivity contribution in [1.29, 1.82) is 0 Å². The molecule has 0 spiro atoms. The summed E-state index contributed by atoms with van der Waals surface area (Å²) in [5, 5.41) is 0. The summed E-state index contributed by atoms with van der Waals surface area (Å²) < 4.78 is 1.06. The van der Waals surface area contributed by atoms with Crippen LogP contribution in [0.25, 0.3) is 0 Å². The highest BCUT2D eigenvalue weighted by Gasteiger charge is 1.81. The largest absolute Gasteiger partial charge is 0.399 e.